The smallest absolute Gasteiger partial charge is 0.261 e. The van der Waals surface area contributed by atoms with Crippen molar-refractivity contribution < 1.29 is 19.1 Å². The average molecular weight is 377 g/mol. The molecule has 1 atom stereocenters. The maximum absolute atomic E-state index is 11.9. The third-order valence-corrected chi connectivity index (χ3v) is 3.89. The summed E-state index contributed by atoms with van der Waals surface area (Å²) in [5.41, 5.74) is 1.68. The van der Waals surface area contributed by atoms with Gasteiger partial charge < -0.3 is 19.6 Å². The van der Waals surface area contributed by atoms with Crippen LogP contribution in [0.4, 0.5) is 0 Å². The molecule has 0 spiro atoms. The van der Waals surface area contributed by atoms with Crippen LogP contribution in [0.2, 0.25) is 5.02 Å². The summed E-state index contributed by atoms with van der Waals surface area (Å²) in [6, 6.07) is 12.9. The zero-order valence-corrected chi connectivity index (χ0v) is 15.6. The van der Waals surface area contributed by atoms with E-state index in [1.54, 1.807) is 12.1 Å². The highest BCUT2D eigenvalue weighted by Crippen LogP contribution is 2.35. The van der Waals surface area contributed by atoms with Gasteiger partial charge in [-0.2, -0.15) is 0 Å². The molecule has 1 amide bonds. The number of hydrogen-bond donors (Lipinski definition) is 1. The Hall–Kier alpha value is -2.73. The number of carbonyl (C=O) groups is 1. The van der Waals surface area contributed by atoms with Gasteiger partial charge in [0.1, 0.15) is 0 Å². The van der Waals surface area contributed by atoms with Gasteiger partial charge in [-0.05, 0) is 24.6 Å². The van der Waals surface area contributed by atoms with Gasteiger partial charge in [-0.3, -0.25) is 4.79 Å². The lowest BCUT2D eigenvalue weighted by Crippen LogP contribution is -2.29. The number of nitrogens with one attached hydrogen (secondary N) is 1. The van der Waals surface area contributed by atoms with Crippen molar-refractivity contribution in [3.8, 4) is 11.5 Å². The normalized spacial score (nSPS) is 11.8. The van der Waals surface area contributed by atoms with E-state index in [-0.39, 0.29) is 18.6 Å². The Kier molecular flexibility index (Phi) is 7.29. The number of benzene rings is 2. The molecule has 2 aromatic rings. The molecule has 0 fully saturated rings. The Balaban J connectivity index is 1.87. The molecule has 0 radical (unpaired) electrons. The predicted molar refractivity (Wildman–Crippen MR) is 101 cm³/mol. The Morgan fingerprint density at radius 1 is 1.23 bits per heavy atom. The van der Waals surface area contributed by atoms with Crippen molar-refractivity contribution in [2.24, 2.45) is 5.16 Å². The second kappa shape index (κ2) is 9.68. The number of carbonyl (C=O) groups excluding carboxylic acids is 1. The van der Waals surface area contributed by atoms with Crippen LogP contribution in [-0.2, 0) is 9.63 Å². The van der Waals surface area contributed by atoms with Gasteiger partial charge in [-0.1, -0.05) is 47.1 Å². The lowest BCUT2D eigenvalue weighted by atomic mass is 10.1. The van der Waals surface area contributed by atoms with Gasteiger partial charge in [0.15, 0.2) is 18.1 Å². The highest BCUT2D eigenvalue weighted by atomic mass is 35.5. The van der Waals surface area contributed by atoms with Crippen LogP contribution in [0.5, 0.6) is 11.5 Å². The first-order valence-electron chi connectivity index (χ1n) is 7.96. The molecule has 0 bridgehead atoms. The topological polar surface area (TPSA) is 69.2 Å². The summed E-state index contributed by atoms with van der Waals surface area (Å²) in [4.78, 5) is 17.0. The van der Waals surface area contributed by atoms with E-state index in [1.807, 2.05) is 37.3 Å². The zero-order chi connectivity index (χ0) is 18.9. The Labute approximate surface area is 157 Å². The SMILES string of the molecule is COc1cc(/C=N\OCC(=O)N[C@H](C)c2ccccc2)cc(Cl)c1OC. The third kappa shape index (κ3) is 5.39. The summed E-state index contributed by atoms with van der Waals surface area (Å²) < 4.78 is 10.4. The Morgan fingerprint density at radius 2 is 1.96 bits per heavy atom. The minimum Gasteiger partial charge on any atom is -0.493 e. The van der Waals surface area contributed by atoms with E-state index in [0.717, 1.165) is 5.56 Å². The number of amides is 1. The summed E-state index contributed by atoms with van der Waals surface area (Å²) in [5, 5.41) is 7.03. The lowest BCUT2D eigenvalue weighted by Gasteiger charge is -2.13. The van der Waals surface area contributed by atoms with Gasteiger partial charge >= 0.3 is 0 Å². The van der Waals surface area contributed by atoms with Gasteiger partial charge in [0.2, 0.25) is 0 Å². The molecule has 6 nitrogen and oxygen atoms in total. The largest absolute Gasteiger partial charge is 0.493 e. The standard InChI is InChI=1S/C19H21ClN2O4/c1-13(15-7-5-4-6-8-15)22-18(23)12-26-21-11-14-9-16(20)19(25-3)17(10-14)24-2/h4-11,13H,12H2,1-3H3,(H,22,23)/b21-11-/t13-/m1/s1. The van der Waals surface area contributed by atoms with Gasteiger partial charge in [-0.15, -0.1) is 0 Å². The van der Waals surface area contributed by atoms with E-state index in [9.17, 15) is 4.79 Å². The fraction of sp³-hybridized carbons (Fsp3) is 0.263. The van der Waals surface area contributed by atoms with Gasteiger partial charge in [0, 0.05) is 5.56 Å². The molecule has 0 aliphatic heterocycles. The van der Waals surface area contributed by atoms with Crippen LogP contribution in [0.1, 0.15) is 24.1 Å². The van der Waals surface area contributed by atoms with Crippen molar-refractivity contribution in [1.29, 1.82) is 0 Å². The van der Waals surface area contributed by atoms with Gasteiger partial charge in [0.25, 0.3) is 5.91 Å². The number of ether oxygens (including phenoxy) is 2. The quantitative estimate of drug-likeness (QED) is 0.564. The molecule has 0 heterocycles. The molecule has 0 aliphatic rings. The molecule has 0 saturated carbocycles. The van der Waals surface area contributed by atoms with Crippen molar-refractivity contribution in [1.82, 2.24) is 5.32 Å². The van der Waals surface area contributed by atoms with Crippen LogP contribution in [0.25, 0.3) is 0 Å². The molecular formula is C19H21ClN2O4. The first kappa shape index (κ1) is 19.6. The molecule has 0 aromatic heterocycles. The summed E-state index contributed by atoms with van der Waals surface area (Å²) in [6.07, 6.45) is 1.45. The van der Waals surface area contributed by atoms with Gasteiger partial charge in [0.05, 0.1) is 31.5 Å². The number of oxime groups is 1. The van der Waals surface area contributed by atoms with Crippen molar-refractivity contribution in [3.63, 3.8) is 0 Å². The van der Waals surface area contributed by atoms with Crippen LogP contribution < -0.4 is 14.8 Å². The van der Waals surface area contributed by atoms with Gasteiger partial charge in [-0.25, -0.2) is 0 Å². The highest BCUT2D eigenvalue weighted by Gasteiger charge is 2.11. The second-order valence-electron chi connectivity index (χ2n) is 5.45. The first-order chi connectivity index (χ1) is 12.5. The van der Waals surface area contributed by atoms with Crippen LogP contribution in [0.3, 0.4) is 0 Å². The maximum atomic E-state index is 11.9. The van der Waals surface area contributed by atoms with Crippen molar-refractivity contribution in [2.75, 3.05) is 20.8 Å². The van der Waals surface area contributed by atoms with Crippen LogP contribution in [-0.4, -0.2) is 32.9 Å². The maximum Gasteiger partial charge on any atom is 0.261 e. The minimum atomic E-state index is -0.260. The van der Waals surface area contributed by atoms with Crippen LogP contribution in [0, 0.1) is 0 Å². The number of halogens is 1. The number of methoxy groups -OCH3 is 2. The Morgan fingerprint density at radius 3 is 2.62 bits per heavy atom. The molecule has 2 aromatic carbocycles. The van der Waals surface area contributed by atoms with Crippen molar-refractivity contribution >= 4 is 23.7 Å². The summed E-state index contributed by atoms with van der Waals surface area (Å²) in [7, 11) is 3.03. The van der Waals surface area contributed by atoms with Crippen molar-refractivity contribution in [2.45, 2.75) is 13.0 Å². The Bertz CT molecular complexity index is 766. The van der Waals surface area contributed by atoms with E-state index in [0.29, 0.717) is 22.1 Å². The molecule has 7 heteroatoms. The fourth-order valence-corrected chi connectivity index (χ4v) is 2.61. The van der Waals surface area contributed by atoms with Crippen LogP contribution >= 0.6 is 11.6 Å². The number of hydrogen-bond acceptors (Lipinski definition) is 5. The van der Waals surface area contributed by atoms with Crippen molar-refractivity contribution in [3.05, 3.63) is 58.6 Å². The monoisotopic (exact) mass is 376 g/mol. The molecular weight excluding hydrogens is 356 g/mol. The average Bonchev–Trinajstić information content (AvgIpc) is 2.65. The molecule has 138 valence electrons. The van der Waals surface area contributed by atoms with E-state index >= 15 is 0 Å². The molecule has 26 heavy (non-hydrogen) atoms. The highest BCUT2D eigenvalue weighted by molar-refractivity contribution is 6.32. The molecule has 0 saturated heterocycles. The fourth-order valence-electron chi connectivity index (χ4n) is 2.31. The molecule has 0 aliphatic carbocycles. The van der Waals surface area contributed by atoms with E-state index in [1.165, 1.54) is 20.4 Å². The molecule has 1 N–H and O–H groups in total. The number of rotatable bonds is 8. The first-order valence-corrected chi connectivity index (χ1v) is 8.34. The predicted octanol–water partition coefficient (Wildman–Crippen LogP) is 3.59. The summed E-state index contributed by atoms with van der Waals surface area (Å²) in [6.45, 7) is 1.72. The molecule has 2 rings (SSSR count). The second-order valence-corrected chi connectivity index (χ2v) is 5.85. The summed E-state index contributed by atoms with van der Waals surface area (Å²) in [5.74, 6) is 0.668. The zero-order valence-electron chi connectivity index (χ0n) is 14.9. The minimum absolute atomic E-state index is 0.110. The number of nitrogens with zero attached hydrogens (tertiary/aromatic N) is 1. The summed E-state index contributed by atoms with van der Waals surface area (Å²) >= 11 is 6.12. The molecule has 0 unspecified atom stereocenters. The lowest BCUT2D eigenvalue weighted by molar-refractivity contribution is -0.126. The third-order valence-electron chi connectivity index (χ3n) is 3.60. The van der Waals surface area contributed by atoms with E-state index < -0.39 is 0 Å². The van der Waals surface area contributed by atoms with Crippen LogP contribution in [0.15, 0.2) is 47.6 Å². The van der Waals surface area contributed by atoms with E-state index in [4.69, 9.17) is 25.9 Å². The van der Waals surface area contributed by atoms with E-state index in [2.05, 4.69) is 10.5 Å².